The zero-order valence-electron chi connectivity index (χ0n) is 8.20. The van der Waals surface area contributed by atoms with Crippen molar-refractivity contribution in [3.05, 3.63) is 0 Å². The van der Waals surface area contributed by atoms with E-state index < -0.39 is 42.8 Å². The van der Waals surface area contributed by atoms with E-state index >= 15 is 0 Å². The Bertz CT molecular complexity index is 267. The molecule has 0 aromatic heterocycles. The molecule has 0 aliphatic carbocycles. The van der Waals surface area contributed by atoms with E-state index in [2.05, 4.69) is 5.32 Å². The molecule has 4 N–H and O–H groups in total. The lowest BCUT2D eigenvalue weighted by atomic mass is 10.1. The second kappa shape index (κ2) is 6.07. The Hall–Kier alpha value is -1.50. The monoisotopic (exact) mass is 220 g/mol. The number of nitrogens with one attached hydrogen (secondary N) is 1. The van der Waals surface area contributed by atoms with E-state index in [-0.39, 0.29) is 0 Å². The van der Waals surface area contributed by atoms with Gasteiger partial charge >= 0.3 is 5.97 Å². The van der Waals surface area contributed by atoms with Crippen molar-refractivity contribution in [1.29, 1.82) is 0 Å². The minimum atomic E-state index is -1.36. The Morgan fingerprint density at radius 1 is 1.47 bits per heavy atom. The molecule has 0 unspecified atom stereocenters. The molecule has 0 spiro atoms. The highest BCUT2D eigenvalue weighted by Gasteiger charge is 2.24. The van der Waals surface area contributed by atoms with Crippen LogP contribution in [0.1, 0.15) is 13.3 Å². The summed E-state index contributed by atoms with van der Waals surface area (Å²) in [7, 11) is 0. The highest BCUT2D eigenvalue weighted by Crippen LogP contribution is 1.96. The molecular weight excluding hydrogens is 207 g/mol. The fourth-order valence-electron chi connectivity index (χ4n) is 0.816. The van der Waals surface area contributed by atoms with Gasteiger partial charge < -0.3 is 16.2 Å². The summed E-state index contributed by atoms with van der Waals surface area (Å²) in [5, 5.41) is 10.5. The number of hydrogen-bond donors (Lipinski definition) is 3. The summed E-state index contributed by atoms with van der Waals surface area (Å²) in [4.78, 5) is 32.3. The number of carboxylic acids is 1. The minimum absolute atomic E-state index is 0.652. The molecule has 0 rings (SSSR count). The molecule has 0 aliphatic heterocycles. The van der Waals surface area contributed by atoms with Crippen molar-refractivity contribution >= 4 is 17.7 Å². The number of alkyl halides is 1. The molecule has 0 aromatic rings. The number of carbonyl (C=O) groups excluding carboxylic acids is 2. The molecule has 0 heterocycles. The van der Waals surface area contributed by atoms with E-state index in [0.29, 0.717) is 0 Å². The summed E-state index contributed by atoms with van der Waals surface area (Å²) in [5.41, 5.74) is 5.19. The average molecular weight is 220 g/mol. The van der Waals surface area contributed by atoms with Gasteiger partial charge in [0.25, 0.3) is 0 Å². The average Bonchev–Trinajstić information content (AvgIpc) is 2.14. The highest BCUT2D eigenvalue weighted by molar-refractivity contribution is 5.93. The zero-order valence-corrected chi connectivity index (χ0v) is 8.20. The highest BCUT2D eigenvalue weighted by atomic mass is 19.1. The van der Waals surface area contributed by atoms with Crippen molar-refractivity contribution in [3.8, 4) is 0 Å². The van der Waals surface area contributed by atoms with Crippen LogP contribution >= 0.6 is 0 Å². The summed E-state index contributed by atoms with van der Waals surface area (Å²) in [6.45, 7) is 0.0459. The van der Waals surface area contributed by atoms with Gasteiger partial charge in [-0.1, -0.05) is 0 Å². The Balaban J connectivity index is 4.44. The number of halogens is 1. The van der Waals surface area contributed by atoms with Gasteiger partial charge in [0, 0.05) is 0 Å². The topological polar surface area (TPSA) is 109 Å². The lowest BCUT2D eigenvalue weighted by Gasteiger charge is -2.15. The molecule has 2 atom stereocenters. The third kappa shape index (κ3) is 5.06. The Kier molecular flexibility index (Phi) is 5.46. The first-order chi connectivity index (χ1) is 6.88. The van der Waals surface area contributed by atoms with Crippen LogP contribution in [-0.2, 0) is 14.4 Å². The molecule has 1 amide bonds. The number of carbonyl (C=O) groups is 3. The van der Waals surface area contributed by atoms with E-state index in [9.17, 15) is 18.8 Å². The predicted octanol–water partition coefficient (Wildman–Crippen LogP) is -1.17. The first-order valence-electron chi connectivity index (χ1n) is 4.25. The van der Waals surface area contributed by atoms with Crippen molar-refractivity contribution < 1.29 is 23.9 Å². The summed E-state index contributed by atoms with van der Waals surface area (Å²) < 4.78 is 12.0. The van der Waals surface area contributed by atoms with Gasteiger partial charge in [0.1, 0.15) is 12.7 Å². The van der Waals surface area contributed by atoms with E-state index in [1.807, 2.05) is 0 Å². The molecule has 15 heavy (non-hydrogen) atoms. The van der Waals surface area contributed by atoms with Gasteiger partial charge in [-0.3, -0.25) is 14.4 Å². The van der Waals surface area contributed by atoms with Crippen LogP contribution in [0, 0.1) is 0 Å². The smallest absolute Gasteiger partial charge is 0.305 e. The van der Waals surface area contributed by atoms with Gasteiger partial charge in [-0.2, -0.15) is 0 Å². The van der Waals surface area contributed by atoms with Gasteiger partial charge in [0.05, 0.1) is 12.5 Å². The van der Waals surface area contributed by atoms with Gasteiger partial charge in [0.2, 0.25) is 5.91 Å². The maximum Gasteiger partial charge on any atom is 0.305 e. The second-order valence-corrected chi connectivity index (χ2v) is 3.05. The van der Waals surface area contributed by atoms with Crippen LogP contribution in [0.5, 0.6) is 0 Å². The Morgan fingerprint density at radius 2 is 2.00 bits per heavy atom. The number of Topliss-reactive ketones (excluding diaryl/α,β-unsaturated/α-hetero) is 1. The number of hydrogen-bond acceptors (Lipinski definition) is 4. The molecular formula is C8H13FN2O4. The second-order valence-electron chi connectivity index (χ2n) is 3.05. The van der Waals surface area contributed by atoms with E-state index in [0.717, 1.165) is 0 Å². The number of aliphatic carboxylic acids is 1. The van der Waals surface area contributed by atoms with E-state index in [4.69, 9.17) is 10.8 Å². The zero-order chi connectivity index (χ0) is 12.0. The molecule has 7 heteroatoms. The Labute approximate surface area is 85.6 Å². The van der Waals surface area contributed by atoms with Crippen LogP contribution < -0.4 is 11.1 Å². The lowest BCUT2D eigenvalue weighted by molar-refractivity contribution is -0.140. The number of amides is 1. The maximum absolute atomic E-state index is 12.0. The van der Waals surface area contributed by atoms with Gasteiger partial charge in [0.15, 0.2) is 5.78 Å². The number of rotatable bonds is 6. The third-order valence-electron chi connectivity index (χ3n) is 1.63. The molecule has 86 valence electrons. The van der Waals surface area contributed by atoms with E-state index in [1.165, 1.54) is 6.92 Å². The molecule has 0 saturated heterocycles. The summed E-state index contributed by atoms with van der Waals surface area (Å²) in [5.74, 6) is -2.97. The molecule has 0 radical (unpaired) electrons. The molecule has 0 saturated carbocycles. The number of carboxylic acid groups (broad SMARTS) is 1. The quantitative estimate of drug-likeness (QED) is 0.522. The van der Waals surface area contributed by atoms with E-state index in [1.54, 1.807) is 0 Å². The van der Waals surface area contributed by atoms with Crippen LogP contribution in [0.25, 0.3) is 0 Å². The van der Waals surface area contributed by atoms with Gasteiger partial charge in [-0.25, -0.2) is 4.39 Å². The Morgan fingerprint density at radius 3 is 2.33 bits per heavy atom. The van der Waals surface area contributed by atoms with Crippen molar-refractivity contribution in [2.24, 2.45) is 5.73 Å². The minimum Gasteiger partial charge on any atom is -0.481 e. The van der Waals surface area contributed by atoms with Crippen LogP contribution in [0.15, 0.2) is 0 Å². The van der Waals surface area contributed by atoms with Crippen molar-refractivity contribution in [2.45, 2.75) is 25.4 Å². The van der Waals surface area contributed by atoms with Crippen LogP contribution in [0.3, 0.4) is 0 Å². The summed E-state index contributed by atoms with van der Waals surface area (Å²) >= 11 is 0. The standard InChI is InChI=1S/C8H13FN2O4/c1-4(10)8(15)11-5(2-7(13)14)6(12)3-9/h4-5H,2-3,10H2,1H3,(H,11,15)(H,13,14)/t4-,5-/m0/s1. The molecule has 0 aromatic carbocycles. The van der Waals surface area contributed by atoms with Crippen LogP contribution in [0.2, 0.25) is 0 Å². The predicted molar refractivity (Wildman–Crippen MR) is 48.8 cm³/mol. The first kappa shape index (κ1) is 13.5. The normalized spacial score (nSPS) is 14.1. The van der Waals surface area contributed by atoms with Crippen LogP contribution in [0.4, 0.5) is 4.39 Å². The first-order valence-corrected chi connectivity index (χ1v) is 4.25. The fourth-order valence-corrected chi connectivity index (χ4v) is 0.816. The largest absolute Gasteiger partial charge is 0.481 e. The van der Waals surface area contributed by atoms with Crippen molar-refractivity contribution in [3.63, 3.8) is 0 Å². The maximum atomic E-state index is 12.0. The molecule has 0 bridgehead atoms. The number of ketones is 1. The van der Waals surface area contributed by atoms with Crippen molar-refractivity contribution in [1.82, 2.24) is 5.32 Å². The molecule has 0 fully saturated rings. The SMILES string of the molecule is C[C@H](N)C(=O)N[C@@H](CC(=O)O)C(=O)CF. The fraction of sp³-hybridized carbons (Fsp3) is 0.625. The summed E-state index contributed by atoms with van der Waals surface area (Å²) in [6.07, 6.45) is -0.652. The van der Waals surface area contributed by atoms with Crippen LogP contribution in [-0.4, -0.2) is 41.5 Å². The molecule has 6 nitrogen and oxygen atoms in total. The summed E-state index contributed by atoms with van der Waals surface area (Å²) in [6, 6.07) is -2.24. The van der Waals surface area contributed by atoms with Crippen molar-refractivity contribution in [2.75, 3.05) is 6.67 Å². The number of nitrogens with two attached hydrogens (primary N) is 1. The van der Waals surface area contributed by atoms with Gasteiger partial charge in [-0.05, 0) is 6.92 Å². The molecule has 0 aliphatic rings. The third-order valence-corrected chi connectivity index (χ3v) is 1.63. The van der Waals surface area contributed by atoms with Gasteiger partial charge in [-0.15, -0.1) is 0 Å². The lowest BCUT2D eigenvalue weighted by Crippen LogP contribution is -2.48.